The first-order valence-electron chi connectivity index (χ1n) is 8.70. The molecule has 1 heterocycles. The van der Waals surface area contributed by atoms with Crippen LogP contribution in [-0.4, -0.2) is 23.4 Å². The van der Waals surface area contributed by atoms with Gasteiger partial charge in [0.05, 0.1) is 0 Å². The van der Waals surface area contributed by atoms with Gasteiger partial charge < -0.3 is 10.6 Å². The van der Waals surface area contributed by atoms with Gasteiger partial charge in [-0.2, -0.15) is 0 Å². The maximum atomic E-state index is 12.7. The van der Waals surface area contributed by atoms with E-state index in [1.807, 2.05) is 24.3 Å². The molecule has 1 amide bonds. The molecule has 1 aliphatic heterocycles. The quantitative estimate of drug-likeness (QED) is 0.807. The second-order valence-corrected chi connectivity index (χ2v) is 6.92. The lowest BCUT2D eigenvalue weighted by Gasteiger charge is -2.31. The van der Waals surface area contributed by atoms with E-state index in [4.69, 9.17) is 5.73 Å². The Morgan fingerprint density at radius 1 is 1.26 bits per heavy atom. The molecule has 1 saturated heterocycles. The summed E-state index contributed by atoms with van der Waals surface area (Å²) in [5.74, 6) is 0.943. The van der Waals surface area contributed by atoms with E-state index in [0.29, 0.717) is 24.3 Å². The van der Waals surface area contributed by atoms with Gasteiger partial charge in [-0.05, 0) is 43.2 Å². The van der Waals surface area contributed by atoms with Gasteiger partial charge in [0, 0.05) is 24.7 Å². The Morgan fingerprint density at radius 2 is 2.00 bits per heavy atom. The van der Waals surface area contributed by atoms with Gasteiger partial charge in [0.2, 0.25) is 5.91 Å². The number of nitrogens with zero attached hydrogens (tertiary/aromatic N) is 1. The fourth-order valence-corrected chi connectivity index (χ4v) is 3.44. The van der Waals surface area contributed by atoms with Crippen molar-refractivity contribution in [2.45, 2.75) is 64.8 Å². The minimum Gasteiger partial charge on any atom is -0.399 e. The SMILES string of the molecule is CC(C)CC1CCCCCN1C(=O)CCc1ccccc1N.Cl. The maximum Gasteiger partial charge on any atom is 0.223 e. The summed E-state index contributed by atoms with van der Waals surface area (Å²) in [6.07, 6.45) is 7.26. The van der Waals surface area contributed by atoms with E-state index in [9.17, 15) is 4.79 Å². The number of likely N-dealkylation sites (tertiary alicyclic amines) is 1. The number of hydrogen-bond donors (Lipinski definition) is 1. The van der Waals surface area contributed by atoms with Gasteiger partial charge in [-0.1, -0.05) is 44.9 Å². The first-order chi connectivity index (χ1) is 10.6. The van der Waals surface area contributed by atoms with Crippen LogP contribution in [0, 0.1) is 5.92 Å². The maximum absolute atomic E-state index is 12.7. The molecule has 0 aromatic heterocycles. The van der Waals surface area contributed by atoms with Crippen molar-refractivity contribution >= 4 is 24.0 Å². The average molecular weight is 339 g/mol. The Kier molecular flexibility index (Phi) is 8.46. The smallest absolute Gasteiger partial charge is 0.223 e. The van der Waals surface area contributed by atoms with E-state index >= 15 is 0 Å². The molecule has 1 aromatic carbocycles. The summed E-state index contributed by atoms with van der Waals surface area (Å²) in [5, 5.41) is 0. The molecule has 2 rings (SSSR count). The normalized spacial score (nSPS) is 18.4. The molecule has 23 heavy (non-hydrogen) atoms. The molecule has 0 bridgehead atoms. The third-order valence-corrected chi connectivity index (χ3v) is 4.60. The van der Waals surface area contributed by atoms with E-state index in [2.05, 4.69) is 18.7 Å². The van der Waals surface area contributed by atoms with Crippen LogP contribution in [0.15, 0.2) is 24.3 Å². The standard InChI is InChI=1S/C19H30N2O.ClH/c1-15(2)14-17-9-4-3-7-13-21(17)19(22)12-11-16-8-5-6-10-18(16)20;/h5-6,8,10,15,17H,3-4,7,9,11-14,20H2,1-2H3;1H. The van der Waals surface area contributed by atoms with Crippen molar-refractivity contribution in [1.29, 1.82) is 0 Å². The molecule has 0 saturated carbocycles. The van der Waals surface area contributed by atoms with Gasteiger partial charge in [-0.15, -0.1) is 12.4 Å². The van der Waals surface area contributed by atoms with Crippen LogP contribution < -0.4 is 5.73 Å². The zero-order valence-electron chi connectivity index (χ0n) is 14.5. The van der Waals surface area contributed by atoms with Gasteiger partial charge in [-0.25, -0.2) is 0 Å². The number of aryl methyl sites for hydroxylation is 1. The molecular weight excluding hydrogens is 308 g/mol. The molecule has 4 heteroatoms. The summed E-state index contributed by atoms with van der Waals surface area (Å²) in [7, 11) is 0. The van der Waals surface area contributed by atoms with Crippen molar-refractivity contribution in [2.75, 3.05) is 12.3 Å². The van der Waals surface area contributed by atoms with Gasteiger partial charge in [0.1, 0.15) is 0 Å². The van der Waals surface area contributed by atoms with Gasteiger partial charge in [0.25, 0.3) is 0 Å². The van der Waals surface area contributed by atoms with Crippen LogP contribution in [0.25, 0.3) is 0 Å². The number of carbonyl (C=O) groups is 1. The van der Waals surface area contributed by atoms with Crippen molar-refractivity contribution in [3.63, 3.8) is 0 Å². The third kappa shape index (κ3) is 6.06. The van der Waals surface area contributed by atoms with Gasteiger partial charge in [0.15, 0.2) is 0 Å². The molecule has 1 aromatic rings. The molecule has 0 radical (unpaired) electrons. The van der Waals surface area contributed by atoms with E-state index in [0.717, 1.165) is 43.5 Å². The van der Waals surface area contributed by atoms with Crippen molar-refractivity contribution in [2.24, 2.45) is 5.92 Å². The van der Waals surface area contributed by atoms with Crippen LogP contribution in [0.4, 0.5) is 5.69 Å². The third-order valence-electron chi connectivity index (χ3n) is 4.60. The summed E-state index contributed by atoms with van der Waals surface area (Å²) in [5.41, 5.74) is 7.86. The number of carbonyl (C=O) groups excluding carboxylic acids is 1. The largest absolute Gasteiger partial charge is 0.399 e. The fraction of sp³-hybridized carbons (Fsp3) is 0.632. The number of anilines is 1. The summed E-state index contributed by atoms with van der Waals surface area (Å²) in [4.78, 5) is 14.9. The Labute approximate surface area is 147 Å². The number of rotatable bonds is 5. The summed E-state index contributed by atoms with van der Waals surface area (Å²) in [6, 6.07) is 8.30. The lowest BCUT2D eigenvalue weighted by molar-refractivity contribution is -0.133. The molecule has 1 atom stereocenters. The molecular formula is C19H31ClN2O. The van der Waals surface area contributed by atoms with E-state index in [1.165, 1.54) is 12.8 Å². The first-order valence-corrected chi connectivity index (χ1v) is 8.70. The Morgan fingerprint density at radius 3 is 2.70 bits per heavy atom. The fourth-order valence-electron chi connectivity index (χ4n) is 3.44. The van der Waals surface area contributed by atoms with Crippen LogP contribution in [-0.2, 0) is 11.2 Å². The highest BCUT2D eigenvalue weighted by Crippen LogP contribution is 2.24. The van der Waals surface area contributed by atoms with Crippen LogP contribution in [0.2, 0.25) is 0 Å². The highest BCUT2D eigenvalue weighted by molar-refractivity contribution is 5.85. The lowest BCUT2D eigenvalue weighted by atomic mass is 9.98. The second-order valence-electron chi connectivity index (χ2n) is 6.92. The first kappa shape index (κ1) is 19.8. The molecule has 0 aliphatic carbocycles. The lowest BCUT2D eigenvalue weighted by Crippen LogP contribution is -2.40. The molecule has 0 spiro atoms. The van der Waals surface area contributed by atoms with E-state index < -0.39 is 0 Å². The predicted molar refractivity (Wildman–Crippen MR) is 99.8 cm³/mol. The topological polar surface area (TPSA) is 46.3 Å². The monoisotopic (exact) mass is 338 g/mol. The number of hydrogen-bond acceptors (Lipinski definition) is 2. The van der Waals surface area contributed by atoms with Crippen molar-refractivity contribution in [1.82, 2.24) is 4.90 Å². The number of amides is 1. The van der Waals surface area contributed by atoms with E-state index in [-0.39, 0.29) is 12.4 Å². The van der Waals surface area contributed by atoms with Crippen LogP contribution >= 0.6 is 12.4 Å². The number of nitrogen functional groups attached to an aromatic ring is 1. The predicted octanol–water partition coefficient (Wildman–Crippen LogP) is 4.44. The molecule has 130 valence electrons. The van der Waals surface area contributed by atoms with Crippen LogP contribution in [0.3, 0.4) is 0 Å². The zero-order chi connectivity index (χ0) is 15.9. The second kappa shape index (κ2) is 9.82. The van der Waals surface area contributed by atoms with Crippen LogP contribution in [0.5, 0.6) is 0 Å². The van der Waals surface area contributed by atoms with Gasteiger partial charge in [-0.3, -0.25) is 4.79 Å². The zero-order valence-corrected chi connectivity index (χ0v) is 15.3. The molecule has 1 fully saturated rings. The Balaban J connectivity index is 0.00000264. The van der Waals surface area contributed by atoms with E-state index in [1.54, 1.807) is 0 Å². The highest BCUT2D eigenvalue weighted by atomic mass is 35.5. The van der Waals surface area contributed by atoms with Crippen molar-refractivity contribution in [3.8, 4) is 0 Å². The summed E-state index contributed by atoms with van der Waals surface area (Å²) < 4.78 is 0. The Hall–Kier alpha value is -1.22. The summed E-state index contributed by atoms with van der Waals surface area (Å²) in [6.45, 7) is 5.43. The number of halogens is 1. The number of para-hydroxylation sites is 1. The summed E-state index contributed by atoms with van der Waals surface area (Å²) >= 11 is 0. The molecule has 1 unspecified atom stereocenters. The van der Waals surface area contributed by atoms with Crippen molar-refractivity contribution in [3.05, 3.63) is 29.8 Å². The minimum atomic E-state index is 0. The van der Waals surface area contributed by atoms with Gasteiger partial charge >= 0.3 is 0 Å². The average Bonchev–Trinajstić information content (AvgIpc) is 2.71. The van der Waals surface area contributed by atoms with Crippen LogP contribution in [0.1, 0.15) is 57.9 Å². The Bertz CT molecular complexity index is 490. The number of benzene rings is 1. The van der Waals surface area contributed by atoms with Crippen molar-refractivity contribution < 1.29 is 4.79 Å². The minimum absolute atomic E-state index is 0. The highest BCUT2D eigenvalue weighted by Gasteiger charge is 2.25. The number of nitrogens with two attached hydrogens (primary N) is 1. The molecule has 3 nitrogen and oxygen atoms in total. The molecule has 1 aliphatic rings. The molecule has 2 N–H and O–H groups in total.